The van der Waals surface area contributed by atoms with Gasteiger partial charge in [0.2, 0.25) is 11.9 Å². The van der Waals surface area contributed by atoms with Crippen molar-refractivity contribution in [2.75, 3.05) is 11.9 Å². The highest BCUT2D eigenvalue weighted by Gasteiger charge is 2.48. The second-order valence-corrected chi connectivity index (χ2v) is 19.6. The van der Waals surface area contributed by atoms with Gasteiger partial charge in [-0.1, -0.05) is 26.6 Å². The van der Waals surface area contributed by atoms with Crippen LogP contribution in [-0.4, -0.2) is 53.1 Å². The van der Waals surface area contributed by atoms with Crippen molar-refractivity contribution in [3.63, 3.8) is 0 Å². The fourth-order valence-corrected chi connectivity index (χ4v) is 6.29. The molecule has 9 nitrogen and oxygen atoms in total. The highest BCUT2D eigenvalue weighted by Crippen LogP contribution is 2.51. The minimum atomic E-state index is -1.21. The van der Waals surface area contributed by atoms with E-state index in [2.05, 4.69) is 40.4 Å². The molecule has 0 aliphatic heterocycles. The zero-order valence-electron chi connectivity index (χ0n) is 26.5. The summed E-state index contributed by atoms with van der Waals surface area (Å²) >= 11 is 0. The Morgan fingerprint density at radius 2 is 1.79 bits per heavy atom. The molecule has 42 heavy (non-hydrogen) atoms. The van der Waals surface area contributed by atoms with Gasteiger partial charge in [-0.05, 0) is 95.7 Å². The topological polar surface area (TPSA) is 107 Å². The van der Waals surface area contributed by atoms with Crippen molar-refractivity contribution >= 4 is 25.9 Å². The quantitative estimate of drug-likeness (QED) is 0.153. The molecule has 0 aromatic carbocycles. The van der Waals surface area contributed by atoms with Crippen molar-refractivity contribution in [1.82, 2.24) is 20.1 Å². The van der Waals surface area contributed by atoms with Crippen LogP contribution in [0.5, 0.6) is 0 Å². The first-order chi connectivity index (χ1) is 19.7. The average molecular weight is 602 g/mol. The fourth-order valence-electron chi connectivity index (χ4n) is 5.53. The Labute approximate surface area is 250 Å². The Morgan fingerprint density at radius 3 is 2.31 bits per heavy atom. The zero-order valence-corrected chi connectivity index (χ0v) is 27.5. The number of hydrogen-bond acceptors (Lipinski definition) is 6. The summed E-state index contributed by atoms with van der Waals surface area (Å²) in [7, 11) is -1.21. The van der Waals surface area contributed by atoms with Crippen molar-refractivity contribution in [1.29, 1.82) is 0 Å². The second kappa shape index (κ2) is 12.8. The summed E-state index contributed by atoms with van der Waals surface area (Å²) in [5, 5.41) is 10.2. The van der Waals surface area contributed by atoms with Gasteiger partial charge in [0.25, 0.3) is 0 Å². The zero-order chi connectivity index (χ0) is 30.8. The first kappa shape index (κ1) is 32.1. The monoisotopic (exact) mass is 601 g/mol. The van der Waals surface area contributed by atoms with Gasteiger partial charge in [-0.25, -0.2) is 14.5 Å². The molecule has 2 heterocycles. The Kier molecular flexibility index (Phi) is 9.81. The number of amides is 2. The van der Waals surface area contributed by atoms with Crippen LogP contribution >= 0.6 is 0 Å². The van der Waals surface area contributed by atoms with Crippen LogP contribution < -0.4 is 10.6 Å². The third kappa shape index (κ3) is 8.62. The Hall–Kier alpha value is -2.79. The number of ether oxygens (including phenoxy) is 2. The van der Waals surface area contributed by atoms with E-state index in [1.54, 1.807) is 37.6 Å². The minimum absolute atomic E-state index is 0.0233. The number of rotatable bonds is 13. The highest BCUT2D eigenvalue weighted by molar-refractivity contribution is 6.76. The molecule has 0 unspecified atom stereocenters. The van der Waals surface area contributed by atoms with Crippen molar-refractivity contribution in [2.24, 2.45) is 17.8 Å². The minimum Gasteiger partial charge on any atom is -0.444 e. The van der Waals surface area contributed by atoms with Gasteiger partial charge in [-0.3, -0.25) is 4.79 Å². The van der Waals surface area contributed by atoms with E-state index in [0.717, 1.165) is 37.4 Å². The Bertz CT molecular complexity index is 1270. The van der Waals surface area contributed by atoms with E-state index in [4.69, 9.17) is 9.47 Å². The number of nitrogens with one attached hydrogen (secondary N) is 2. The first-order valence-electron chi connectivity index (χ1n) is 15.3. The molecule has 232 valence electrons. The van der Waals surface area contributed by atoms with E-state index in [0.29, 0.717) is 48.4 Å². The van der Waals surface area contributed by atoms with E-state index in [-0.39, 0.29) is 11.7 Å². The number of alkyl carbamates (subject to hydrolysis) is 1. The number of halogens is 1. The van der Waals surface area contributed by atoms with Crippen LogP contribution in [0.15, 0.2) is 12.1 Å². The van der Waals surface area contributed by atoms with Crippen molar-refractivity contribution in [2.45, 2.75) is 111 Å². The summed E-state index contributed by atoms with van der Waals surface area (Å²) in [5.74, 6) is -0.195. The molecular formula is C31H48FN5O4Si. The molecule has 0 spiro atoms. The van der Waals surface area contributed by atoms with Crippen molar-refractivity contribution in [3.05, 3.63) is 29.5 Å². The lowest BCUT2D eigenvalue weighted by Crippen LogP contribution is -2.51. The predicted octanol–water partition coefficient (Wildman–Crippen LogP) is 6.54. The van der Waals surface area contributed by atoms with Crippen LogP contribution in [0.25, 0.3) is 11.1 Å². The van der Waals surface area contributed by atoms with Crippen molar-refractivity contribution in [3.8, 4) is 11.1 Å². The van der Waals surface area contributed by atoms with Gasteiger partial charge in [0.15, 0.2) is 0 Å². The number of carbonyl (C=O) groups excluding carboxylic acids is 2. The lowest BCUT2D eigenvalue weighted by Gasteiger charge is -2.29. The van der Waals surface area contributed by atoms with E-state index in [1.807, 2.05) is 13.8 Å². The number of nitrogens with zero attached hydrogens (tertiary/aromatic N) is 3. The molecule has 1 atom stereocenters. The maximum atomic E-state index is 15.5. The standard InChI is InChI=1S/C31H48FN5O4Si/c1-9-23-25(19(2)36-37(23)18-40-16-17-42(6,7)8)22-14-15-24(33-28(22)32)34-29(38)27(35-30(39)41-31(3,4)5)26(20-10-11-20)21-12-13-21/h14-15,20-21,26-27H,9-13,16-18H2,1-8H3,(H,35,39)(H,33,34,38)/t27-/m0/s1. The number of carbonyl (C=O) groups is 2. The average Bonchev–Trinajstić information content (AvgIpc) is 3.79. The van der Waals surface area contributed by atoms with Crippen LogP contribution in [-0.2, 0) is 27.4 Å². The van der Waals surface area contributed by atoms with Gasteiger partial charge in [0.05, 0.1) is 5.69 Å². The molecule has 0 radical (unpaired) electrons. The normalized spacial score (nSPS) is 16.4. The Morgan fingerprint density at radius 1 is 1.14 bits per heavy atom. The smallest absolute Gasteiger partial charge is 0.408 e. The van der Waals surface area contributed by atoms with Crippen LogP contribution in [0.3, 0.4) is 0 Å². The summed E-state index contributed by atoms with van der Waals surface area (Å²) in [6.45, 7) is 17.1. The van der Waals surface area contributed by atoms with E-state index in [9.17, 15) is 9.59 Å². The molecule has 2 saturated carbocycles. The fraction of sp³-hybridized carbons (Fsp3) is 0.677. The van der Waals surface area contributed by atoms with Crippen LogP contribution in [0.2, 0.25) is 25.7 Å². The summed E-state index contributed by atoms with van der Waals surface area (Å²) in [6, 6.07) is 3.51. The molecule has 2 fully saturated rings. The lowest BCUT2D eigenvalue weighted by atomic mass is 9.89. The molecule has 2 aliphatic rings. The molecule has 2 aromatic rings. The largest absolute Gasteiger partial charge is 0.444 e. The third-order valence-corrected chi connectivity index (χ3v) is 9.52. The molecule has 2 amide bonds. The van der Waals surface area contributed by atoms with Gasteiger partial charge < -0.3 is 20.1 Å². The SMILES string of the molecule is CCc1c(-c2ccc(NC(=O)[C@@H](NC(=O)OC(C)(C)C)C(C3CC3)C3CC3)nc2F)c(C)nn1COCC[Si](C)(C)C. The molecular weight excluding hydrogens is 553 g/mol. The molecule has 0 bridgehead atoms. The highest BCUT2D eigenvalue weighted by atomic mass is 28.3. The summed E-state index contributed by atoms with van der Waals surface area (Å²) in [6.07, 6.45) is 4.18. The van der Waals surface area contributed by atoms with Crippen LogP contribution in [0, 0.1) is 30.6 Å². The molecule has 2 aromatic heterocycles. The van der Waals surface area contributed by atoms with Gasteiger partial charge in [0, 0.05) is 31.5 Å². The summed E-state index contributed by atoms with van der Waals surface area (Å²) in [4.78, 5) is 30.4. The molecule has 11 heteroatoms. The van der Waals surface area contributed by atoms with Crippen LogP contribution in [0.4, 0.5) is 15.0 Å². The van der Waals surface area contributed by atoms with Gasteiger partial charge in [0.1, 0.15) is 24.2 Å². The summed E-state index contributed by atoms with van der Waals surface area (Å²) in [5.41, 5.74) is 1.89. The van der Waals surface area contributed by atoms with E-state index >= 15 is 4.39 Å². The van der Waals surface area contributed by atoms with Gasteiger partial charge in [-0.15, -0.1) is 0 Å². The number of hydrogen-bond donors (Lipinski definition) is 2. The molecule has 4 rings (SSSR count). The molecule has 2 aliphatic carbocycles. The number of aryl methyl sites for hydroxylation is 1. The lowest BCUT2D eigenvalue weighted by molar-refractivity contribution is -0.120. The number of pyridine rings is 1. The Balaban J connectivity index is 1.50. The van der Waals surface area contributed by atoms with Crippen LogP contribution in [0.1, 0.15) is 64.8 Å². The van der Waals surface area contributed by atoms with Gasteiger partial charge in [-0.2, -0.15) is 9.49 Å². The number of anilines is 1. The van der Waals surface area contributed by atoms with Crippen molar-refractivity contribution < 1.29 is 23.5 Å². The van der Waals surface area contributed by atoms with Gasteiger partial charge >= 0.3 is 6.09 Å². The predicted molar refractivity (Wildman–Crippen MR) is 164 cm³/mol. The summed E-state index contributed by atoms with van der Waals surface area (Å²) < 4.78 is 28.7. The number of aromatic nitrogens is 3. The van der Waals surface area contributed by atoms with E-state index < -0.39 is 37.7 Å². The first-order valence-corrected chi connectivity index (χ1v) is 19.0. The second-order valence-electron chi connectivity index (χ2n) is 14.0. The maximum Gasteiger partial charge on any atom is 0.408 e. The van der Waals surface area contributed by atoms with E-state index in [1.165, 1.54) is 0 Å². The maximum absolute atomic E-state index is 15.5. The molecule has 0 saturated heterocycles. The third-order valence-electron chi connectivity index (χ3n) is 7.82. The molecule has 2 N–H and O–H groups in total.